The molecule has 0 aliphatic carbocycles. The summed E-state index contributed by atoms with van der Waals surface area (Å²) in [5.74, 6) is -2.52. The molecule has 0 radical (unpaired) electrons. The van der Waals surface area contributed by atoms with Crippen molar-refractivity contribution in [2.24, 2.45) is 16.5 Å². The molecule has 7 N–H and O–H groups in total. The number of benzene rings is 1. The number of carbonyl (C=O) groups excluding carboxylic acids is 1. The maximum atomic E-state index is 14.8. The van der Waals surface area contributed by atoms with Gasteiger partial charge in [-0.05, 0) is 76.4 Å². The molecule has 0 fully saturated rings. The molecule has 2 aromatic rings. The fourth-order valence-electron chi connectivity index (χ4n) is 2.75. The summed E-state index contributed by atoms with van der Waals surface area (Å²) in [6, 6.07) is 3.35. The molecule has 2 rings (SSSR count). The molecule has 34 heavy (non-hydrogen) atoms. The average Bonchev–Trinajstić information content (AvgIpc) is 3.09. The molecule has 0 unspecified atom stereocenters. The Kier molecular flexibility index (Phi) is 8.14. The number of aliphatic hydroxyl groups is 2. The number of primary amides is 1. The fourth-order valence-corrected chi connectivity index (χ4v) is 3.88. The van der Waals surface area contributed by atoms with E-state index in [-0.39, 0.29) is 32.4 Å². The summed E-state index contributed by atoms with van der Waals surface area (Å²) >= 11 is 0.886. The molecule has 1 heterocycles. The molecule has 1 aromatic carbocycles. The number of aliphatic imine (C=N–C) groups is 1. The van der Waals surface area contributed by atoms with Crippen LogP contribution in [0.1, 0.15) is 43.6 Å². The third-order valence-electron chi connectivity index (χ3n) is 4.53. The van der Waals surface area contributed by atoms with Crippen LogP contribution in [0.2, 0.25) is 0 Å². The summed E-state index contributed by atoms with van der Waals surface area (Å²) in [5, 5.41) is 22.8. The van der Waals surface area contributed by atoms with E-state index in [1.54, 1.807) is 19.9 Å². The van der Waals surface area contributed by atoms with Crippen LogP contribution in [0.4, 0.5) is 13.8 Å². The minimum atomic E-state index is -1.44. The number of carbonyl (C=O) groups is 1. The Labute approximate surface area is 200 Å². The lowest BCUT2D eigenvalue weighted by atomic mass is 9.96. The van der Waals surface area contributed by atoms with Gasteiger partial charge in [0.15, 0.2) is 0 Å². The second-order valence-electron chi connectivity index (χ2n) is 8.58. The van der Waals surface area contributed by atoms with Crippen LogP contribution in [0.5, 0.6) is 0 Å². The van der Waals surface area contributed by atoms with Crippen LogP contribution >= 0.6 is 11.3 Å². The van der Waals surface area contributed by atoms with Crippen LogP contribution in [0.25, 0.3) is 10.4 Å². The summed E-state index contributed by atoms with van der Waals surface area (Å²) in [7, 11) is 0. The van der Waals surface area contributed by atoms with Gasteiger partial charge in [-0.2, -0.15) is 0 Å². The smallest absolute Gasteiger partial charge is 0.251 e. The summed E-state index contributed by atoms with van der Waals surface area (Å²) in [6.45, 7) is 9.47. The highest BCUT2D eigenvalue weighted by Crippen LogP contribution is 2.39. The third kappa shape index (κ3) is 7.08. The van der Waals surface area contributed by atoms with E-state index in [9.17, 15) is 23.8 Å². The predicted molar refractivity (Wildman–Crippen MR) is 132 cm³/mol. The number of nitrogens with zero attached hydrogens (tertiary/aromatic N) is 1. The van der Waals surface area contributed by atoms with Crippen molar-refractivity contribution in [1.29, 1.82) is 0 Å². The highest BCUT2D eigenvalue weighted by atomic mass is 32.1. The van der Waals surface area contributed by atoms with E-state index in [1.807, 2.05) is 0 Å². The van der Waals surface area contributed by atoms with E-state index in [0.717, 1.165) is 23.5 Å². The summed E-state index contributed by atoms with van der Waals surface area (Å²) in [4.78, 5) is 15.9. The number of nitrogens with two attached hydrogens (primary N) is 2. The lowest BCUT2D eigenvalue weighted by molar-refractivity contribution is 0.0778. The monoisotopic (exact) mass is 490 g/mol. The van der Waals surface area contributed by atoms with Gasteiger partial charge in [0.05, 0.1) is 28.0 Å². The summed E-state index contributed by atoms with van der Waals surface area (Å²) < 4.78 is 29.5. The molecule has 0 spiro atoms. The topological polar surface area (TPSA) is 134 Å². The van der Waals surface area contributed by atoms with Gasteiger partial charge in [0.25, 0.3) is 5.91 Å². The van der Waals surface area contributed by atoms with Crippen molar-refractivity contribution in [1.82, 2.24) is 0 Å². The van der Waals surface area contributed by atoms with Crippen molar-refractivity contribution >= 4 is 29.0 Å². The molecule has 0 aliphatic heterocycles. The van der Waals surface area contributed by atoms with Crippen LogP contribution in [0, 0.1) is 11.6 Å². The van der Waals surface area contributed by atoms with E-state index in [2.05, 4.69) is 17.0 Å². The van der Waals surface area contributed by atoms with Gasteiger partial charge in [0.1, 0.15) is 22.5 Å². The number of rotatable bonds is 9. The molecule has 7 nitrogen and oxygen atoms in total. The first kappa shape index (κ1) is 26.9. The molecule has 0 saturated heterocycles. The van der Waals surface area contributed by atoms with Gasteiger partial charge in [0.2, 0.25) is 0 Å². The van der Waals surface area contributed by atoms with Crippen LogP contribution in [-0.4, -0.2) is 28.4 Å². The van der Waals surface area contributed by atoms with Crippen molar-refractivity contribution < 1.29 is 23.8 Å². The highest BCUT2D eigenvalue weighted by Gasteiger charge is 2.24. The molecule has 1 aromatic heterocycles. The zero-order chi connectivity index (χ0) is 25.8. The summed E-state index contributed by atoms with van der Waals surface area (Å²) in [5.41, 5.74) is 9.06. The van der Waals surface area contributed by atoms with Gasteiger partial charge in [-0.25, -0.2) is 8.78 Å². The van der Waals surface area contributed by atoms with Crippen molar-refractivity contribution in [3.63, 3.8) is 0 Å². The standard InChI is InChI=1S/C24H28F2N4O3S/c1-23(2,32)9-8-14(29-5)6-7-19(27)30-22-15(21(28)31)12-18(34-22)20-16(25)10-13(11-17(20)26)24(3,4)33/h6-12,30,32-33H,5,27H2,1-4H3,(H2,28,31)/b9-8+,14-6-,19-7+. The Morgan fingerprint density at radius 1 is 1.12 bits per heavy atom. The number of hydrogen-bond acceptors (Lipinski definition) is 7. The molecule has 1 amide bonds. The van der Waals surface area contributed by atoms with Crippen molar-refractivity contribution in [2.45, 2.75) is 38.9 Å². The lowest BCUT2D eigenvalue weighted by Crippen LogP contribution is -2.16. The average molecular weight is 491 g/mol. The Morgan fingerprint density at radius 2 is 1.71 bits per heavy atom. The van der Waals surface area contributed by atoms with Crippen molar-refractivity contribution in [3.05, 3.63) is 76.8 Å². The number of nitrogens with one attached hydrogen (secondary N) is 1. The number of thiophene rings is 1. The maximum Gasteiger partial charge on any atom is 0.251 e. The minimum absolute atomic E-state index is 0.00492. The van der Waals surface area contributed by atoms with Crippen LogP contribution in [0.15, 0.2) is 59.0 Å². The van der Waals surface area contributed by atoms with E-state index in [1.165, 1.54) is 38.1 Å². The van der Waals surface area contributed by atoms with Crippen LogP contribution in [-0.2, 0) is 5.60 Å². The fraction of sp³-hybridized carbons (Fsp3) is 0.250. The largest absolute Gasteiger partial charge is 0.386 e. The first-order chi connectivity index (χ1) is 15.6. The first-order valence-corrected chi connectivity index (χ1v) is 10.9. The molecule has 0 aliphatic rings. The molecule has 0 atom stereocenters. The zero-order valence-corrected chi connectivity index (χ0v) is 20.1. The molecule has 10 heteroatoms. The van der Waals surface area contributed by atoms with Crippen molar-refractivity contribution in [2.75, 3.05) is 5.32 Å². The predicted octanol–water partition coefficient (Wildman–Crippen LogP) is 4.14. The molecular weight excluding hydrogens is 462 g/mol. The Bertz CT molecular complexity index is 1160. The number of hydrogen-bond donors (Lipinski definition) is 5. The lowest BCUT2D eigenvalue weighted by Gasteiger charge is -2.18. The molecule has 0 bridgehead atoms. The Hall–Kier alpha value is -3.34. The normalized spacial score (nSPS) is 13.4. The van der Waals surface area contributed by atoms with E-state index in [4.69, 9.17) is 11.5 Å². The highest BCUT2D eigenvalue weighted by molar-refractivity contribution is 7.19. The second kappa shape index (κ2) is 10.3. The summed E-state index contributed by atoms with van der Waals surface area (Å²) in [6.07, 6.45) is 6.04. The van der Waals surface area contributed by atoms with Gasteiger partial charge < -0.3 is 27.0 Å². The quantitative estimate of drug-likeness (QED) is 0.266. The second-order valence-corrected chi connectivity index (χ2v) is 9.63. The number of halogens is 2. The van der Waals surface area contributed by atoms with Crippen LogP contribution in [0.3, 0.4) is 0 Å². The van der Waals surface area contributed by atoms with Gasteiger partial charge in [-0.1, -0.05) is 6.08 Å². The van der Waals surface area contributed by atoms with Crippen LogP contribution < -0.4 is 16.8 Å². The number of amides is 1. The number of allylic oxidation sites excluding steroid dienone is 3. The van der Waals surface area contributed by atoms with E-state index in [0.29, 0.717) is 5.70 Å². The Balaban J connectivity index is 2.43. The third-order valence-corrected chi connectivity index (χ3v) is 5.60. The van der Waals surface area contributed by atoms with Gasteiger partial charge in [-0.15, -0.1) is 11.3 Å². The zero-order valence-electron chi connectivity index (χ0n) is 19.3. The molecule has 182 valence electrons. The first-order valence-electron chi connectivity index (χ1n) is 10.1. The minimum Gasteiger partial charge on any atom is -0.386 e. The van der Waals surface area contributed by atoms with E-state index >= 15 is 0 Å². The van der Waals surface area contributed by atoms with Gasteiger partial charge >= 0.3 is 0 Å². The van der Waals surface area contributed by atoms with Gasteiger partial charge in [0, 0.05) is 4.88 Å². The molecular formula is C24H28F2N4O3S. The van der Waals surface area contributed by atoms with Crippen molar-refractivity contribution in [3.8, 4) is 10.4 Å². The Morgan fingerprint density at radius 3 is 2.18 bits per heavy atom. The number of anilines is 1. The van der Waals surface area contributed by atoms with Gasteiger partial charge in [-0.3, -0.25) is 9.79 Å². The molecule has 0 saturated carbocycles. The maximum absolute atomic E-state index is 14.8. The SMILES string of the molecule is C=NC(=C\C=C(/N)Nc1sc(-c2c(F)cc(C(C)(C)O)cc2F)cc1C(N)=O)/C=C/C(C)(C)O. The van der Waals surface area contributed by atoms with E-state index < -0.39 is 28.7 Å².